The van der Waals surface area contributed by atoms with Gasteiger partial charge in [0.15, 0.2) is 0 Å². The molecule has 148 valence electrons. The largest absolute Gasteiger partial charge is 0.506 e. The van der Waals surface area contributed by atoms with Gasteiger partial charge in [-0.3, -0.25) is 0 Å². The van der Waals surface area contributed by atoms with E-state index in [1.54, 1.807) is 0 Å². The van der Waals surface area contributed by atoms with Gasteiger partial charge < -0.3 is 10.0 Å². The molecule has 27 heavy (non-hydrogen) atoms. The lowest BCUT2D eigenvalue weighted by Gasteiger charge is -2.34. The fourth-order valence-corrected chi connectivity index (χ4v) is 3.78. The van der Waals surface area contributed by atoms with Crippen LogP contribution in [0, 0.1) is 5.92 Å². The Morgan fingerprint density at radius 1 is 1.33 bits per heavy atom. The standard InChI is InChI=1S/C16H19F3N4O3S/c1-27(25,26)22-7-10-3-2-4-23(8-10)15-12-5-11(16(17,18)19)6-13(24)14(12)20-9-21-15/h5-6,9-10,22,24H,2-4,7-8H2,1H3. The van der Waals surface area contributed by atoms with Crippen LogP contribution >= 0.6 is 0 Å². The number of rotatable bonds is 4. The molecule has 0 aliphatic carbocycles. The molecule has 1 aliphatic heterocycles. The SMILES string of the molecule is CS(=O)(=O)NCC1CCCN(c2ncnc3c(O)cc(C(F)(F)F)cc23)C1. The van der Waals surface area contributed by atoms with E-state index in [1.807, 2.05) is 4.90 Å². The molecule has 1 aromatic carbocycles. The zero-order valence-electron chi connectivity index (χ0n) is 14.5. The lowest BCUT2D eigenvalue weighted by molar-refractivity contribution is -0.137. The Balaban J connectivity index is 1.94. The predicted molar refractivity (Wildman–Crippen MR) is 94.0 cm³/mol. The minimum Gasteiger partial charge on any atom is -0.506 e. The lowest BCUT2D eigenvalue weighted by atomic mass is 9.98. The van der Waals surface area contributed by atoms with E-state index in [2.05, 4.69) is 14.7 Å². The molecule has 1 aliphatic rings. The minimum absolute atomic E-state index is 0.00196. The maximum absolute atomic E-state index is 13.1. The van der Waals surface area contributed by atoms with Crippen molar-refractivity contribution in [1.29, 1.82) is 0 Å². The number of phenols is 1. The lowest BCUT2D eigenvalue weighted by Crippen LogP contribution is -2.41. The van der Waals surface area contributed by atoms with Crippen molar-refractivity contribution in [3.63, 3.8) is 0 Å². The summed E-state index contributed by atoms with van der Waals surface area (Å²) < 4.78 is 64.4. The Labute approximate surface area is 154 Å². The van der Waals surface area contributed by atoms with E-state index >= 15 is 0 Å². The number of sulfonamides is 1. The van der Waals surface area contributed by atoms with Crippen molar-refractivity contribution >= 4 is 26.7 Å². The Kier molecular flexibility index (Phi) is 5.17. The molecule has 0 bridgehead atoms. The van der Waals surface area contributed by atoms with Gasteiger partial charge in [0.2, 0.25) is 10.0 Å². The third-order valence-corrected chi connectivity index (χ3v) is 5.17. The monoisotopic (exact) mass is 404 g/mol. The number of anilines is 1. The Bertz CT molecular complexity index is 950. The molecular weight excluding hydrogens is 385 g/mol. The zero-order valence-corrected chi connectivity index (χ0v) is 15.3. The van der Waals surface area contributed by atoms with E-state index in [9.17, 15) is 26.7 Å². The third kappa shape index (κ3) is 4.59. The van der Waals surface area contributed by atoms with Gasteiger partial charge in [0, 0.05) is 25.0 Å². The molecule has 1 unspecified atom stereocenters. The number of alkyl halides is 3. The molecule has 1 aromatic heterocycles. The summed E-state index contributed by atoms with van der Waals surface area (Å²) in [5, 5.41) is 10.1. The molecule has 1 saturated heterocycles. The Morgan fingerprint density at radius 3 is 2.74 bits per heavy atom. The number of phenolic OH excluding ortho intramolecular Hbond substituents is 1. The van der Waals surface area contributed by atoms with Gasteiger partial charge in [-0.05, 0) is 30.9 Å². The van der Waals surface area contributed by atoms with Gasteiger partial charge in [0.25, 0.3) is 0 Å². The molecule has 0 spiro atoms. The molecule has 1 fully saturated rings. The summed E-state index contributed by atoms with van der Waals surface area (Å²) >= 11 is 0. The molecule has 2 aromatic rings. The van der Waals surface area contributed by atoms with E-state index in [-0.39, 0.29) is 23.4 Å². The number of piperidine rings is 1. The highest BCUT2D eigenvalue weighted by molar-refractivity contribution is 7.88. The first kappa shape index (κ1) is 19.6. The van der Waals surface area contributed by atoms with Crippen LogP contribution in [0.5, 0.6) is 5.75 Å². The molecule has 2 N–H and O–H groups in total. The smallest absolute Gasteiger partial charge is 0.416 e. The number of aromatic hydroxyl groups is 1. The van der Waals surface area contributed by atoms with Crippen molar-refractivity contribution in [1.82, 2.24) is 14.7 Å². The van der Waals surface area contributed by atoms with Crippen LogP contribution in [-0.4, -0.2) is 49.4 Å². The van der Waals surface area contributed by atoms with Gasteiger partial charge in [-0.2, -0.15) is 13.2 Å². The van der Waals surface area contributed by atoms with Gasteiger partial charge >= 0.3 is 6.18 Å². The maximum Gasteiger partial charge on any atom is 0.416 e. The first-order valence-corrected chi connectivity index (χ1v) is 10.2. The van der Waals surface area contributed by atoms with Crippen LogP contribution in [0.3, 0.4) is 0 Å². The van der Waals surface area contributed by atoms with Crippen molar-refractivity contribution in [3.8, 4) is 5.75 Å². The molecule has 0 saturated carbocycles. The second kappa shape index (κ2) is 7.12. The highest BCUT2D eigenvalue weighted by Crippen LogP contribution is 2.38. The number of halogens is 3. The van der Waals surface area contributed by atoms with Crippen LogP contribution in [0.15, 0.2) is 18.5 Å². The van der Waals surface area contributed by atoms with Gasteiger partial charge in [0.1, 0.15) is 23.4 Å². The number of benzene rings is 1. The van der Waals surface area contributed by atoms with E-state index in [0.29, 0.717) is 25.0 Å². The summed E-state index contributed by atoms with van der Waals surface area (Å²) in [6.07, 6.45) is -0.799. The van der Waals surface area contributed by atoms with Crippen LogP contribution in [0.1, 0.15) is 18.4 Å². The van der Waals surface area contributed by atoms with Crippen molar-refractivity contribution < 1.29 is 26.7 Å². The number of hydrogen-bond acceptors (Lipinski definition) is 6. The molecule has 7 nitrogen and oxygen atoms in total. The number of nitrogens with zero attached hydrogens (tertiary/aromatic N) is 3. The number of aromatic nitrogens is 2. The third-order valence-electron chi connectivity index (χ3n) is 4.48. The van der Waals surface area contributed by atoms with Gasteiger partial charge in [-0.1, -0.05) is 0 Å². The quantitative estimate of drug-likeness (QED) is 0.811. The van der Waals surface area contributed by atoms with Gasteiger partial charge in [-0.25, -0.2) is 23.1 Å². The molecule has 11 heteroatoms. The first-order chi connectivity index (χ1) is 12.5. The fraction of sp³-hybridized carbons (Fsp3) is 0.500. The van der Waals surface area contributed by atoms with Gasteiger partial charge in [-0.15, -0.1) is 0 Å². The van der Waals surface area contributed by atoms with Gasteiger partial charge in [0.05, 0.1) is 11.8 Å². The summed E-state index contributed by atoms with van der Waals surface area (Å²) in [6.45, 7) is 1.25. The summed E-state index contributed by atoms with van der Waals surface area (Å²) in [4.78, 5) is 9.84. The summed E-state index contributed by atoms with van der Waals surface area (Å²) in [5.74, 6) is -0.265. The van der Waals surface area contributed by atoms with E-state index in [0.717, 1.165) is 25.2 Å². The van der Waals surface area contributed by atoms with Crippen LogP contribution in [-0.2, 0) is 16.2 Å². The van der Waals surface area contributed by atoms with Crippen molar-refractivity contribution in [2.45, 2.75) is 19.0 Å². The summed E-state index contributed by atoms with van der Waals surface area (Å²) in [7, 11) is -3.32. The average Bonchev–Trinajstić information content (AvgIpc) is 2.58. The molecule has 1 atom stereocenters. The topological polar surface area (TPSA) is 95.4 Å². The van der Waals surface area contributed by atoms with E-state index < -0.39 is 27.5 Å². The highest BCUT2D eigenvalue weighted by Gasteiger charge is 2.33. The molecule has 0 amide bonds. The van der Waals surface area contributed by atoms with Crippen LogP contribution in [0.2, 0.25) is 0 Å². The van der Waals surface area contributed by atoms with Crippen molar-refractivity contribution in [2.75, 3.05) is 30.8 Å². The maximum atomic E-state index is 13.1. The van der Waals surface area contributed by atoms with E-state index in [1.165, 1.54) is 6.33 Å². The van der Waals surface area contributed by atoms with Crippen LogP contribution < -0.4 is 9.62 Å². The van der Waals surface area contributed by atoms with Crippen molar-refractivity contribution in [2.24, 2.45) is 5.92 Å². The zero-order chi connectivity index (χ0) is 19.8. The number of nitrogens with one attached hydrogen (secondary N) is 1. The average molecular weight is 404 g/mol. The minimum atomic E-state index is -4.61. The van der Waals surface area contributed by atoms with E-state index in [4.69, 9.17) is 0 Å². The summed E-state index contributed by atoms with van der Waals surface area (Å²) in [6, 6.07) is 1.58. The molecular formula is C16H19F3N4O3S. The van der Waals surface area contributed by atoms with Crippen LogP contribution in [0.4, 0.5) is 19.0 Å². The second-order valence-electron chi connectivity index (χ2n) is 6.66. The fourth-order valence-electron chi connectivity index (χ4n) is 3.25. The summed E-state index contributed by atoms with van der Waals surface area (Å²) in [5.41, 5.74) is -0.930. The van der Waals surface area contributed by atoms with Crippen LogP contribution in [0.25, 0.3) is 10.9 Å². The Hall–Kier alpha value is -2.14. The Morgan fingerprint density at radius 2 is 2.07 bits per heavy atom. The predicted octanol–water partition coefficient (Wildman–Crippen LogP) is 2.12. The van der Waals surface area contributed by atoms with Crippen molar-refractivity contribution in [3.05, 3.63) is 24.0 Å². The number of hydrogen-bond donors (Lipinski definition) is 2. The second-order valence-corrected chi connectivity index (χ2v) is 8.49. The highest BCUT2D eigenvalue weighted by atomic mass is 32.2. The molecule has 2 heterocycles. The number of fused-ring (bicyclic) bond motifs is 1. The molecule has 3 rings (SSSR count). The molecule has 0 radical (unpaired) electrons. The normalized spacial score (nSPS) is 18.8. The first-order valence-electron chi connectivity index (χ1n) is 8.29.